The second-order valence-corrected chi connectivity index (χ2v) is 11.2. The number of thiazole rings is 1. The average molecular weight is 462 g/mol. The van der Waals surface area contributed by atoms with E-state index in [1.54, 1.807) is 23.5 Å². The number of hydrogen-bond donors (Lipinski definition) is 1. The van der Waals surface area contributed by atoms with E-state index in [1.807, 2.05) is 43.5 Å². The lowest BCUT2D eigenvalue weighted by atomic mass is 9.97. The third-order valence-electron chi connectivity index (χ3n) is 5.27. The number of fused-ring (bicyclic) bond motifs is 1. The highest BCUT2D eigenvalue weighted by Gasteiger charge is 2.33. The molecule has 2 aromatic carbocycles. The van der Waals surface area contributed by atoms with Crippen molar-refractivity contribution < 1.29 is 13.2 Å². The zero-order valence-corrected chi connectivity index (χ0v) is 19.2. The van der Waals surface area contributed by atoms with Crippen LogP contribution in [0.4, 0.5) is 5.69 Å². The van der Waals surface area contributed by atoms with Crippen molar-refractivity contribution in [3.05, 3.63) is 47.5 Å². The van der Waals surface area contributed by atoms with E-state index in [-0.39, 0.29) is 11.8 Å². The zero-order chi connectivity index (χ0) is 21.3. The molecule has 1 fully saturated rings. The summed E-state index contributed by atoms with van der Waals surface area (Å²) in [7, 11) is -3.56. The fraction of sp³-hybridized carbons (Fsp3) is 0.333. The molecule has 1 amide bonds. The number of sulfonamides is 1. The van der Waals surface area contributed by atoms with Crippen LogP contribution in [-0.4, -0.2) is 43.0 Å². The van der Waals surface area contributed by atoms with Crippen molar-refractivity contribution in [3.8, 4) is 0 Å². The number of hydrogen-bond acceptors (Lipinski definition) is 6. The van der Waals surface area contributed by atoms with Gasteiger partial charge in [0.05, 0.1) is 20.1 Å². The van der Waals surface area contributed by atoms with E-state index in [4.69, 9.17) is 0 Å². The van der Waals surface area contributed by atoms with Gasteiger partial charge < -0.3 is 5.32 Å². The van der Waals surface area contributed by atoms with Crippen LogP contribution >= 0.6 is 23.1 Å². The first-order valence-corrected chi connectivity index (χ1v) is 13.2. The average Bonchev–Trinajstić information content (AvgIpc) is 3.13. The lowest BCUT2D eigenvalue weighted by Crippen LogP contribution is -2.41. The van der Waals surface area contributed by atoms with Gasteiger partial charge in [-0.05, 0) is 56.4 Å². The highest BCUT2D eigenvalue weighted by molar-refractivity contribution is 7.99. The third kappa shape index (κ3) is 4.25. The van der Waals surface area contributed by atoms with E-state index in [0.29, 0.717) is 30.8 Å². The van der Waals surface area contributed by atoms with E-state index in [2.05, 4.69) is 10.3 Å². The monoisotopic (exact) mass is 461 g/mol. The minimum atomic E-state index is -3.56. The van der Waals surface area contributed by atoms with E-state index in [9.17, 15) is 13.2 Å². The summed E-state index contributed by atoms with van der Waals surface area (Å²) in [6.07, 6.45) is 2.89. The number of aromatic nitrogens is 1. The first-order chi connectivity index (χ1) is 14.4. The number of amides is 1. The number of rotatable bonds is 5. The molecule has 1 saturated heterocycles. The maximum Gasteiger partial charge on any atom is 0.244 e. The lowest BCUT2D eigenvalue weighted by molar-refractivity contribution is -0.120. The lowest BCUT2D eigenvalue weighted by Gasteiger charge is -2.31. The van der Waals surface area contributed by atoms with Crippen LogP contribution in [0.25, 0.3) is 10.2 Å². The maximum absolute atomic E-state index is 13.1. The van der Waals surface area contributed by atoms with Crippen molar-refractivity contribution >= 4 is 54.9 Å². The van der Waals surface area contributed by atoms with E-state index in [0.717, 1.165) is 25.8 Å². The van der Waals surface area contributed by atoms with Crippen molar-refractivity contribution in [2.75, 3.05) is 24.7 Å². The van der Waals surface area contributed by atoms with Crippen molar-refractivity contribution in [1.29, 1.82) is 0 Å². The number of thioether (sulfide) groups is 1. The Bertz CT molecular complexity index is 1180. The van der Waals surface area contributed by atoms with E-state index >= 15 is 0 Å². The van der Waals surface area contributed by atoms with Crippen LogP contribution in [0.15, 0.2) is 52.3 Å². The van der Waals surface area contributed by atoms with Gasteiger partial charge in [-0.25, -0.2) is 13.4 Å². The Morgan fingerprint density at radius 2 is 1.93 bits per heavy atom. The van der Waals surface area contributed by atoms with Gasteiger partial charge in [0.15, 0.2) is 0 Å². The Kier molecular flexibility index (Phi) is 6.15. The Morgan fingerprint density at radius 1 is 1.20 bits per heavy atom. The number of nitrogens with zero attached hydrogens (tertiary/aromatic N) is 2. The minimum absolute atomic E-state index is 0.0582. The normalized spacial score (nSPS) is 16.1. The van der Waals surface area contributed by atoms with Crippen LogP contribution in [0, 0.1) is 12.8 Å². The molecule has 0 unspecified atom stereocenters. The molecule has 9 heteroatoms. The first-order valence-electron chi connectivity index (χ1n) is 9.70. The summed E-state index contributed by atoms with van der Waals surface area (Å²) in [5.74, 6) is -0.261. The van der Waals surface area contributed by atoms with Crippen molar-refractivity contribution in [2.45, 2.75) is 29.6 Å². The van der Waals surface area contributed by atoms with Gasteiger partial charge in [-0.2, -0.15) is 4.31 Å². The van der Waals surface area contributed by atoms with Crippen molar-refractivity contribution in [2.24, 2.45) is 5.92 Å². The molecule has 0 radical (unpaired) electrons. The van der Waals surface area contributed by atoms with Gasteiger partial charge >= 0.3 is 0 Å². The molecule has 0 spiro atoms. The Labute approximate surface area is 184 Å². The number of piperidine rings is 1. The van der Waals surface area contributed by atoms with Gasteiger partial charge in [-0.15, -0.1) is 23.1 Å². The van der Waals surface area contributed by atoms with Crippen LogP contribution in [0.3, 0.4) is 0 Å². The summed E-state index contributed by atoms with van der Waals surface area (Å²) in [6.45, 7) is 2.65. The molecular weight excluding hydrogens is 438 g/mol. The topological polar surface area (TPSA) is 79.4 Å². The standard InChI is InChI=1S/C21H23N3O3S3/c1-14-22-17-8-7-16(13-19(17)29-14)23-21(25)15-9-11-24(12-10-15)30(26,27)20-6-4-3-5-18(20)28-2/h3-8,13,15H,9-12H2,1-2H3,(H,23,25). The van der Waals surface area contributed by atoms with Gasteiger partial charge in [-0.1, -0.05) is 12.1 Å². The molecule has 2 heterocycles. The van der Waals surface area contributed by atoms with Gasteiger partial charge in [0.1, 0.15) is 0 Å². The highest BCUT2D eigenvalue weighted by atomic mass is 32.2. The second kappa shape index (κ2) is 8.66. The molecule has 0 atom stereocenters. The summed E-state index contributed by atoms with van der Waals surface area (Å²) in [5, 5.41) is 3.98. The molecule has 4 rings (SSSR count). The highest BCUT2D eigenvalue weighted by Crippen LogP contribution is 2.30. The predicted molar refractivity (Wildman–Crippen MR) is 123 cm³/mol. The van der Waals surface area contributed by atoms with Gasteiger partial charge in [0.25, 0.3) is 0 Å². The predicted octanol–water partition coefficient (Wildman–Crippen LogP) is 4.37. The van der Waals surface area contributed by atoms with Gasteiger partial charge in [-0.3, -0.25) is 4.79 Å². The van der Waals surface area contributed by atoms with Crippen LogP contribution < -0.4 is 5.32 Å². The van der Waals surface area contributed by atoms with Gasteiger partial charge in [0.2, 0.25) is 15.9 Å². The first kappa shape index (κ1) is 21.3. The van der Waals surface area contributed by atoms with Crippen LogP contribution in [0.2, 0.25) is 0 Å². The molecule has 30 heavy (non-hydrogen) atoms. The number of nitrogens with one attached hydrogen (secondary N) is 1. The molecule has 0 saturated carbocycles. The fourth-order valence-electron chi connectivity index (χ4n) is 3.69. The molecular formula is C21H23N3O3S3. The fourth-order valence-corrected chi connectivity index (χ4v) is 7.15. The summed E-state index contributed by atoms with van der Waals surface area (Å²) < 4.78 is 28.7. The molecule has 158 valence electrons. The second-order valence-electron chi connectivity index (χ2n) is 7.23. The van der Waals surface area contributed by atoms with E-state index < -0.39 is 10.0 Å². The summed E-state index contributed by atoms with van der Waals surface area (Å²) in [6, 6.07) is 12.8. The Hall–Kier alpha value is -1.94. The summed E-state index contributed by atoms with van der Waals surface area (Å²) in [4.78, 5) is 18.3. The molecule has 3 aromatic rings. The number of carbonyl (C=O) groups is 1. The maximum atomic E-state index is 13.1. The molecule has 0 aliphatic carbocycles. The molecule has 6 nitrogen and oxygen atoms in total. The number of carbonyl (C=O) groups excluding carboxylic acids is 1. The quantitative estimate of drug-likeness (QED) is 0.571. The summed E-state index contributed by atoms with van der Waals surface area (Å²) >= 11 is 3.02. The molecule has 1 aromatic heterocycles. The van der Waals surface area contributed by atoms with Crippen molar-refractivity contribution in [1.82, 2.24) is 9.29 Å². The smallest absolute Gasteiger partial charge is 0.244 e. The molecule has 1 N–H and O–H groups in total. The zero-order valence-electron chi connectivity index (χ0n) is 16.8. The minimum Gasteiger partial charge on any atom is -0.326 e. The van der Waals surface area contributed by atoms with Crippen LogP contribution in [0.1, 0.15) is 17.8 Å². The largest absolute Gasteiger partial charge is 0.326 e. The van der Waals surface area contributed by atoms with Gasteiger partial charge in [0, 0.05) is 29.6 Å². The summed E-state index contributed by atoms with van der Waals surface area (Å²) in [5.41, 5.74) is 1.68. The Morgan fingerprint density at radius 3 is 2.67 bits per heavy atom. The third-order valence-corrected chi connectivity index (χ3v) is 9.09. The van der Waals surface area contributed by atoms with Crippen LogP contribution in [-0.2, 0) is 14.8 Å². The number of anilines is 1. The molecule has 1 aliphatic rings. The molecule has 1 aliphatic heterocycles. The molecule has 0 bridgehead atoms. The number of benzene rings is 2. The number of aryl methyl sites for hydroxylation is 1. The van der Waals surface area contributed by atoms with Crippen molar-refractivity contribution in [3.63, 3.8) is 0 Å². The van der Waals surface area contributed by atoms with Crippen LogP contribution in [0.5, 0.6) is 0 Å². The Balaban J connectivity index is 1.41. The van der Waals surface area contributed by atoms with E-state index in [1.165, 1.54) is 16.1 Å². The SMILES string of the molecule is CSc1ccccc1S(=O)(=O)N1CCC(C(=O)Nc2ccc3nc(C)sc3c2)CC1.